The highest BCUT2D eigenvalue weighted by atomic mass is 32.2. The van der Waals surface area contributed by atoms with Gasteiger partial charge >= 0.3 is 5.97 Å². The van der Waals surface area contributed by atoms with E-state index < -0.39 is 23.7 Å². The molecule has 122 valence electrons. The van der Waals surface area contributed by atoms with E-state index in [0.29, 0.717) is 6.61 Å². The van der Waals surface area contributed by atoms with Crippen LogP contribution in [0.5, 0.6) is 0 Å². The number of rotatable bonds is 8. The van der Waals surface area contributed by atoms with Gasteiger partial charge in [0.25, 0.3) is 11.7 Å². The van der Waals surface area contributed by atoms with Crippen molar-refractivity contribution in [1.82, 2.24) is 5.32 Å². The lowest BCUT2D eigenvalue weighted by molar-refractivity contribution is -0.129. The lowest BCUT2D eigenvalue weighted by Gasteiger charge is -2.14. The summed E-state index contributed by atoms with van der Waals surface area (Å²) in [6.07, 6.45) is -1.03. The molecule has 0 unspecified atom stereocenters. The Bertz CT molecular complexity index is 513. The second-order valence-electron chi connectivity index (χ2n) is 4.21. The molecule has 1 aromatic carbocycles. The molecule has 0 aliphatic rings. The molecule has 0 aliphatic carbocycles. The molecule has 1 aromatic rings. The Kier molecular flexibility index (Phi) is 7.83. The van der Waals surface area contributed by atoms with Crippen molar-refractivity contribution in [2.45, 2.75) is 23.7 Å². The molecule has 0 heterocycles. The Morgan fingerprint density at radius 3 is 2.64 bits per heavy atom. The largest absolute Gasteiger partial charge is 0.449 e. The van der Waals surface area contributed by atoms with Crippen molar-refractivity contribution in [1.29, 1.82) is 0 Å². The summed E-state index contributed by atoms with van der Waals surface area (Å²) >= 11 is 0.254. The number of hydrogen-bond acceptors (Lipinski definition) is 5. The van der Waals surface area contributed by atoms with Gasteiger partial charge in [-0.1, -0.05) is 23.9 Å². The summed E-state index contributed by atoms with van der Waals surface area (Å²) in [5.41, 5.74) is 0.00402. The monoisotopic (exact) mass is 333 g/mol. The molecular formula is C14H17F2NO4S. The number of halogens is 2. The molecule has 0 aliphatic heterocycles. The van der Waals surface area contributed by atoms with Crippen LogP contribution in [0, 0.1) is 0 Å². The number of carbonyl (C=O) groups excluding carboxylic acids is 2. The van der Waals surface area contributed by atoms with Crippen LogP contribution in [0.25, 0.3) is 0 Å². The molecular weight excluding hydrogens is 316 g/mol. The van der Waals surface area contributed by atoms with Gasteiger partial charge in [0.15, 0.2) is 6.10 Å². The number of thioether (sulfide) groups is 1. The highest BCUT2D eigenvalue weighted by Crippen LogP contribution is 2.28. The van der Waals surface area contributed by atoms with Crippen molar-refractivity contribution >= 4 is 23.6 Å². The summed E-state index contributed by atoms with van der Waals surface area (Å²) in [5.74, 6) is -3.95. The Morgan fingerprint density at radius 2 is 2.00 bits per heavy atom. The Balaban J connectivity index is 2.66. The number of amides is 1. The molecule has 0 saturated carbocycles. The number of hydrogen-bond donors (Lipinski definition) is 1. The summed E-state index contributed by atoms with van der Waals surface area (Å²) in [5, 5.41) is 2.52. The fraction of sp³-hybridized carbons (Fsp3) is 0.429. The summed E-state index contributed by atoms with van der Waals surface area (Å²) in [6, 6.07) is 5.86. The second-order valence-corrected chi connectivity index (χ2v) is 5.24. The molecule has 5 nitrogen and oxygen atoms in total. The second kappa shape index (κ2) is 9.37. The molecule has 0 spiro atoms. The van der Waals surface area contributed by atoms with Gasteiger partial charge in [-0.2, -0.15) is 8.78 Å². The van der Waals surface area contributed by atoms with E-state index in [1.165, 1.54) is 32.2 Å². The maximum absolute atomic E-state index is 12.5. The van der Waals surface area contributed by atoms with E-state index in [9.17, 15) is 18.4 Å². The van der Waals surface area contributed by atoms with E-state index in [0.717, 1.165) is 0 Å². The van der Waals surface area contributed by atoms with E-state index in [1.807, 2.05) is 0 Å². The van der Waals surface area contributed by atoms with Crippen LogP contribution in [0.4, 0.5) is 8.78 Å². The van der Waals surface area contributed by atoms with Crippen molar-refractivity contribution in [3.63, 3.8) is 0 Å². The number of ether oxygens (including phenoxy) is 2. The molecule has 8 heteroatoms. The summed E-state index contributed by atoms with van der Waals surface area (Å²) in [4.78, 5) is 23.8. The first kappa shape index (κ1) is 18.4. The van der Waals surface area contributed by atoms with E-state index in [-0.39, 0.29) is 28.8 Å². The standard InChI is InChI=1S/C14H17F2NO4S/c1-9(12(18)17-7-8-20-2)21-13(19)10-5-3-4-6-11(10)22-14(15)16/h3-6,9,14H,7-8H2,1-2H3,(H,17,18)/t9-/m1/s1. The van der Waals surface area contributed by atoms with Crippen LogP contribution in [0.1, 0.15) is 17.3 Å². The van der Waals surface area contributed by atoms with Crippen molar-refractivity contribution < 1.29 is 27.8 Å². The van der Waals surface area contributed by atoms with Crippen molar-refractivity contribution in [2.24, 2.45) is 0 Å². The maximum atomic E-state index is 12.5. The summed E-state index contributed by atoms with van der Waals surface area (Å²) in [7, 11) is 1.49. The van der Waals surface area contributed by atoms with Crippen LogP contribution in [0.15, 0.2) is 29.2 Å². The highest BCUT2D eigenvalue weighted by Gasteiger charge is 2.21. The number of esters is 1. The third kappa shape index (κ3) is 5.98. The molecule has 0 saturated heterocycles. The van der Waals surface area contributed by atoms with Gasteiger partial charge in [-0.3, -0.25) is 4.79 Å². The average Bonchev–Trinajstić information content (AvgIpc) is 2.47. The Labute approximate surface area is 131 Å². The number of benzene rings is 1. The first-order valence-corrected chi connectivity index (χ1v) is 7.35. The predicted octanol–water partition coefficient (Wildman–Crippen LogP) is 2.31. The maximum Gasteiger partial charge on any atom is 0.340 e. The highest BCUT2D eigenvalue weighted by molar-refractivity contribution is 7.99. The number of nitrogens with one attached hydrogen (secondary N) is 1. The summed E-state index contributed by atoms with van der Waals surface area (Å²) in [6.45, 7) is 2.03. The molecule has 0 fully saturated rings. The fourth-order valence-corrected chi connectivity index (χ4v) is 2.16. The Hall–Kier alpha value is -1.67. The van der Waals surface area contributed by atoms with Crippen molar-refractivity contribution in [3.05, 3.63) is 29.8 Å². The average molecular weight is 333 g/mol. The zero-order valence-electron chi connectivity index (χ0n) is 12.2. The van der Waals surface area contributed by atoms with Crippen LogP contribution < -0.4 is 5.32 Å². The van der Waals surface area contributed by atoms with Gasteiger partial charge < -0.3 is 14.8 Å². The molecule has 0 aromatic heterocycles. The quantitative estimate of drug-likeness (QED) is 0.449. The van der Waals surface area contributed by atoms with Gasteiger partial charge in [0.2, 0.25) is 0 Å². The zero-order chi connectivity index (χ0) is 16.5. The first-order chi connectivity index (χ1) is 10.5. The van der Waals surface area contributed by atoms with Crippen molar-refractivity contribution in [3.8, 4) is 0 Å². The molecule has 1 amide bonds. The van der Waals surface area contributed by atoms with Gasteiger partial charge in [0.1, 0.15) is 0 Å². The smallest absolute Gasteiger partial charge is 0.340 e. The van der Waals surface area contributed by atoms with E-state index in [2.05, 4.69) is 5.32 Å². The van der Waals surface area contributed by atoms with Gasteiger partial charge in [-0.15, -0.1) is 0 Å². The molecule has 1 rings (SSSR count). The molecule has 1 atom stereocenters. The van der Waals surface area contributed by atoms with E-state index >= 15 is 0 Å². The van der Waals surface area contributed by atoms with E-state index in [4.69, 9.17) is 9.47 Å². The minimum atomic E-state index is -2.65. The third-order valence-corrected chi connectivity index (χ3v) is 3.37. The molecule has 22 heavy (non-hydrogen) atoms. The lowest BCUT2D eigenvalue weighted by Crippen LogP contribution is -2.37. The van der Waals surface area contributed by atoms with Crippen LogP contribution in [0.2, 0.25) is 0 Å². The first-order valence-electron chi connectivity index (χ1n) is 6.47. The third-order valence-electron chi connectivity index (χ3n) is 2.58. The van der Waals surface area contributed by atoms with Crippen LogP contribution in [0.3, 0.4) is 0 Å². The van der Waals surface area contributed by atoms with Gasteiger partial charge in [0, 0.05) is 18.6 Å². The molecule has 1 N–H and O–H groups in total. The SMILES string of the molecule is COCCNC(=O)[C@@H](C)OC(=O)c1ccccc1SC(F)F. The number of carbonyl (C=O) groups is 2. The molecule has 0 radical (unpaired) electrons. The molecule has 0 bridgehead atoms. The minimum absolute atomic E-state index is 0.00402. The van der Waals surface area contributed by atoms with Crippen LogP contribution in [-0.4, -0.2) is 44.0 Å². The number of alkyl halides is 2. The summed E-state index contributed by atoms with van der Waals surface area (Å²) < 4.78 is 34.7. The lowest BCUT2D eigenvalue weighted by atomic mass is 10.2. The Morgan fingerprint density at radius 1 is 1.32 bits per heavy atom. The number of methoxy groups -OCH3 is 1. The topological polar surface area (TPSA) is 64.6 Å². The van der Waals surface area contributed by atoms with Gasteiger partial charge in [-0.05, 0) is 19.1 Å². The van der Waals surface area contributed by atoms with Gasteiger partial charge in [-0.25, -0.2) is 4.79 Å². The van der Waals surface area contributed by atoms with Crippen LogP contribution in [-0.2, 0) is 14.3 Å². The van der Waals surface area contributed by atoms with E-state index in [1.54, 1.807) is 6.07 Å². The minimum Gasteiger partial charge on any atom is -0.449 e. The van der Waals surface area contributed by atoms with Crippen molar-refractivity contribution in [2.75, 3.05) is 20.3 Å². The fourth-order valence-electron chi connectivity index (χ4n) is 1.53. The van der Waals surface area contributed by atoms with Crippen LogP contribution >= 0.6 is 11.8 Å². The zero-order valence-corrected chi connectivity index (χ0v) is 13.0. The van der Waals surface area contributed by atoms with Gasteiger partial charge in [0.05, 0.1) is 12.2 Å². The normalized spacial score (nSPS) is 12.0. The predicted molar refractivity (Wildman–Crippen MR) is 78.1 cm³/mol.